The van der Waals surface area contributed by atoms with Gasteiger partial charge in [-0.05, 0) is 18.2 Å². The predicted molar refractivity (Wildman–Crippen MR) is 102 cm³/mol. The predicted octanol–water partition coefficient (Wildman–Crippen LogP) is 3.98. The lowest BCUT2D eigenvalue weighted by atomic mass is 10.1. The molecule has 4 rings (SSSR count). The zero-order valence-corrected chi connectivity index (χ0v) is 14.6. The van der Waals surface area contributed by atoms with Crippen LogP contribution in [0.4, 0.5) is 5.69 Å². The van der Waals surface area contributed by atoms with Gasteiger partial charge in [-0.1, -0.05) is 42.1 Å². The third kappa shape index (κ3) is 3.66. The summed E-state index contributed by atoms with van der Waals surface area (Å²) in [6.45, 7) is -3.60. The SMILES string of the molecule is Cl.Cl.[2H]C1([2H])CN(C2=Nc3ccccc3Sc3ccccc32)CC([2H])([2H])N1. The van der Waals surface area contributed by atoms with Gasteiger partial charge in [-0.2, -0.15) is 0 Å². The molecular weight excluding hydrogens is 349 g/mol. The van der Waals surface area contributed by atoms with Crippen molar-refractivity contribution in [2.24, 2.45) is 4.99 Å². The maximum absolute atomic E-state index is 8.03. The standard InChI is InChI=1S/C17H17N3S.2ClH/c1-3-7-15-13(5-1)17(20-11-9-18-10-12-20)19-14-6-2-4-8-16(14)21-15;;/h1-8,18H,9-12H2;2*1H/i9D2,10D2;;. The number of amidine groups is 1. The van der Waals surface area contributed by atoms with Crippen molar-refractivity contribution in [1.29, 1.82) is 0 Å². The number of fused-ring (bicyclic) bond motifs is 2. The Balaban J connectivity index is 0.00000131. The van der Waals surface area contributed by atoms with Crippen molar-refractivity contribution in [2.45, 2.75) is 9.79 Å². The maximum Gasteiger partial charge on any atom is 0.137 e. The second-order valence-electron chi connectivity index (χ2n) is 4.84. The van der Waals surface area contributed by atoms with Gasteiger partial charge in [0.1, 0.15) is 5.84 Å². The number of aliphatic imine (C=N–C) groups is 1. The number of benzene rings is 2. The summed E-state index contributed by atoms with van der Waals surface area (Å²) in [5.41, 5.74) is 1.72. The summed E-state index contributed by atoms with van der Waals surface area (Å²) in [6.07, 6.45) is 0. The van der Waals surface area contributed by atoms with Crippen molar-refractivity contribution in [3.63, 3.8) is 0 Å². The number of para-hydroxylation sites is 1. The number of hydrogen-bond donors (Lipinski definition) is 1. The van der Waals surface area contributed by atoms with Gasteiger partial charge in [0, 0.05) is 46.9 Å². The Kier molecular flexibility index (Phi) is 4.60. The molecule has 0 radical (unpaired) electrons. The van der Waals surface area contributed by atoms with Crippen molar-refractivity contribution in [3.8, 4) is 0 Å². The highest BCUT2D eigenvalue weighted by atomic mass is 35.5. The molecule has 122 valence electrons. The van der Waals surface area contributed by atoms with Crippen LogP contribution >= 0.6 is 36.6 Å². The zero-order valence-electron chi connectivity index (χ0n) is 16.2. The molecule has 6 heteroatoms. The summed E-state index contributed by atoms with van der Waals surface area (Å²) in [4.78, 5) is 8.57. The summed E-state index contributed by atoms with van der Waals surface area (Å²) in [5.74, 6) is 0.613. The van der Waals surface area contributed by atoms with E-state index in [1.165, 1.54) is 0 Å². The molecule has 0 aromatic heterocycles. The first-order valence-corrected chi connectivity index (χ1v) is 7.64. The molecule has 0 spiro atoms. The lowest BCUT2D eigenvalue weighted by Gasteiger charge is -2.30. The van der Waals surface area contributed by atoms with Crippen molar-refractivity contribution in [3.05, 3.63) is 54.1 Å². The van der Waals surface area contributed by atoms with Gasteiger partial charge in [0.25, 0.3) is 0 Å². The smallest absolute Gasteiger partial charge is 0.137 e. The van der Waals surface area contributed by atoms with Gasteiger partial charge in [-0.25, -0.2) is 4.99 Å². The van der Waals surface area contributed by atoms with E-state index in [-0.39, 0.29) is 37.9 Å². The monoisotopic (exact) mass is 371 g/mol. The number of halogens is 2. The maximum atomic E-state index is 8.03. The minimum Gasteiger partial charge on any atom is -0.354 e. The average molecular weight is 372 g/mol. The fourth-order valence-electron chi connectivity index (χ4n) is 2.45. The molecule has 2 heterocycles. The van der Waals surface area contributed by atoms with Crippen LogP contribution in [-0.2, 0) is 0 Å². The molecule has 0 bridgehead atoms. The molecule has 1 saturated heterocycles. The molecule has 0 unspecified atom stereocenters. The first-order chi connectivity index (χ1) is 11.8. The molecule has 2 aromatic rings. The topological polar surface area (TPSA) is 27.6 Å². The second kappa shape index (κ2) is 8.06. The lowest BCUT2D eigenvalue weighted by molar-refractivity contribution is 0.358. The molecule has 0 atom stereocenters. The van der Waals surface area contributed by atoms with E-state index in [0.29, 0.717) is 5.84 Å². The largest absolute Gasteiger partial charge is 0.354 e. The Morgan fingerprint density at radius 3 is 2.39 bits per heavy atom. The lowest BCUT2D eigenvalue weighted by Crippen LogP contribution is -2.46. The Labute approximate surface area is 159 Å². The van der Waals surface area contributed by atoms with Crippen molar-refractivity contribution in [1.82, 2.24) is 10.2 Å². The third-order valence-corrected chi connectivity index (χ3v) is 4.60. The van der Waals surface area contributed by atoms with Crippen LogP contribution in [0.15, 0.2) is 63.3 Å². The van der Waals surface area contributed by atoms with Crippen LogP contribution in [0.1, 0.15) is 11.0 Å². The van der Waals surface area contributed by atoms with Gasteiger partial charge >= 0.3 is 0 Å². The summed E-state index contributed by atoms with van der Waals surface area (Å²) in [6, 6.07) is 15.7. The van der Waals surface area contributed by atoms with E-state index < -0.39 is 13.0 Å². The fraction of sp³-hybridized carbons (Fsp3) is 0.235. The van der Waals surface area contributed by atoms with Gasteiger partial charge in [-0.3, -0.25) is 0 Å². The molecular formula is C17H19Cl2N3S. The second-order valence-corrected chi connectivity index (χ2v) is 5.92. The van der Waals surface area contributed by atoms with Crippen molar-refractivity contribution < 1.29 is 5.48 Å². The van der Waals surface area contributed by atoms with E-state index in [4.69, 9.17) is 10.5 Å². The van der Waals surface area contributed by atoms with Crippen LogP contribution in [0.25, 0.3) is 0 Å². The van der Waals surface area contributed by atoms with Gasteiger partial charge in [-0.15, -0.1) is 24.8 Å². The van der Waals surface area contributed by atoms with Gasteiger partial charge in [0.15, 0.2) is 0 Å². The Bertz CT molecular complexity index is 848. The molecule has 0 aliphatic carbocycles. The molecule has 0 saturated carbocycles. The van der Waals surface area contributed by atoms with Gasteiger partial charge in [0.05, 0.1) is 5.69 Å². The van der Waals surface area contributed by atoms with E-state index in [2.05, 4.69) is 5.32 Å². The van der Waals surface area contributed by atoms with Gasteiger partial charge in [0.2, 0.25) is 0 Å². The van der Waals surface area contributed by atoms with Crippen LogP contribution in [-0.4, -0.2) is 36.8 Å². The van der Waals surface area contributed by atoms with Crippen molar-refractivity contribution >= 4 is 48.1 Å². The summed E-state index contributed by atoms with van der Waals surface area (Å²) >= 11 is 1.63. The van der Waals surface area contributed by atoms with Crippen LogP contribution in [0, 0.1) is 0 Å². The van der Waals surface area contributed by atoms with Crippen LogP contribution < -0.4 is 5.32 Å². The highest BCUT2D eigenvalue weighted by Crippen LogP contribution is 2.40. The van der Waals surface area contributed by atoms with E-state index in [9.17, 15) is 0 Å². The van der Waals surface area contributed by atoms with E-state index >= 15 is 0 Å². The number of rotatable bonds is 0. The Hall–Kier alpha value is -1.20. The molecule has 1 N–H and O–H groups in total. The molecule has 1 fully saturated rings. The number of nitrogens with zero attached hydrogens (tertiary/aromatic N) is 2. The summed E-state index contributed by atoms with van der Waals surface area (Å²) in [5, 5.41) is 2.42. The minimum absolute atomic E-state index is 0. The summed E-state index contributed by atoms with van der Waals surface area (Å²) < 4.78 is 32.1. The van der Waals surface area contributed by atoms with E-state index in [1.54, 1.807) is 16.7 Å². The number of piperazine rings is 1. The summed E-state index contributed by atoms with van der Waals surface area (Å²) in [7, 11) is 0. The number of nitrogens with one attached hydrogen (secondary N) is 1. The van der Waals surface area contributed by atoms with Crippen LogP contribution in [0.3, 0.4) is 0 Å². The number of hydrogen-bond acceptors (Lipinski definition) is 4. The Morgan fingerprint density at radius 1 is 0.957 bits per heavy atom. The minimum atomic E-state index is -1.84. The molecule has 2 aliphatic rings. The fourth-order valence-corrected chi connectivity index (χ4v) is 3.47. The Morgan fingerprint density at radius 2 is 1.61 bits per heavy atom. The highest BCUT2D eigenvalue weighted by molar-refractivity contribution is 7.99. The van der Waals surface area contributed by atoms with E-state index in [1.807, 2.05) is 48.5 Å². The molecule has 2 aliphatic heterocycles. The first-order valence-electron chi connectivity index (χ1n) is 8.82. The zero-order chi connectivity index (χ0) is 17.7. The van der Waals surface area contributed by atoms with E-state index in [0.717, 1.165) is 21.0 Å². The molecule has 3 nitrogen and oxygen atoms in total. The third-order valence-electron chi connectivity index (χ3n) is 3.46. The van der Waals surface area contributed by atoms with Crippen LogP contribution in [0.2, 0.25) is 0 Å². The normalized spacial score (nSPS) is 23.0. The molecule has 2 aromatic carbocycles. The van der Waals surface area contributed by atoms with Gasteiger partial charge < -0.3 is 10.2 Å². The van der Waals surface area contributed by atoms with Crippen LogP contribution in [0.5, 0.6) is 0 Å². The molecule has 0 amide bonds. The first kappa shape index (κ1) is 13.1. The van der Waals surface area contributed by atoms with Crippen molar-refractivity contribution in [2.75, 3.05) is 26.1 Å². The quantitative estimate of drug-likeness (QED) is 0.758. The molecule has 23 heavy (non-hydrogen) atoms. The highest BCUT2D eigenvalue weighted by Gasteiger charge is 2.22. The average Bonchev–Trinajstić information content (AvgIpc) is 2.68.